The first-order chi connectivity index (χ1) is 11.6. The highest BCUT2D eigenvalue weighted by Gasteiger charge is 2.23. The van der Waals surface area contributed by atoms with E-state index in [2.05, 4.69) is 36.1 Å². The quantitative estimate of drug-likeness (QED) is 0.617. The van der Waals surface area contributed by atoms with Crippen molar-refractivity contribution in [2.45, 2.75) is 63.9 Å². The maximum absolute atomic E-state index is 12.1. The van der Waals surface area contributed by atoms with Crippen molar-refractivity contribution in [3.63, 3.8) is 0 Å². The van der Waals surface area contributed by atoms with Crippen LogP contribution >= 0.6 is 23.1 Å². The van der Waals surface area contributed by atoms with Crippen LogP contribution in [0.2, 0.25) is 0 Å². The lowest BCUT2D eigenvalue weighted by Gasteiger charge is -2.18. The lowest BCUT2D eigenvalue weighted by molar-refractivity contribution is -0.119. The van der Waals surface area contributed by atoms with Crippen LogP contribution in [-0.2, 0) is 17.6 Å². The van der Waals surface area contributed by atoms with E-state index < -0.39 is 0 Å². The number of nitrogens with zero attached hydrogens (tertiary/aromatic N) is 2. The van der Waals surface area contributed by atoms with Crippen molar-refractivity contribution in [1.82, 2.24) is 15.3 Å². The summed E-state index contributed by atoms with van der Waals surface area (Å²) >= 11 is 3.34. The molecule has 2 heterocycles. The van der Waals surface area contributed by atoms with E-state index in [1.54, 1.807) is 17.7 Å². The largest absolute Gasteiger partial charge is 0.353 e. The number of thiophene rings is 1. The molecule has 4 nitrogen and oxygen atoms in total. The average molecular weight is 364 g/mol. The van der Waals surface area contributed by atoms with E-state index in [0.29, 0.717) is 5.75 Å². The molecule has 0 aliphatic heterocycles. The average Bonchev–Trinajstić information content (AvgIpc) is 2.90. The Balaban J connectivity index is 1.74. The monoisotopic (exact) mass is 363 g/mol. The van der Waals surface area contributed by atoms with E-state index >= 15 is 0 Å². The molecule has 1 aliphatic rings. The van der Waals surface area contributed by atoms with Crippen molar-refractivity contribution in [3.05, 3.63) is 16.8 Å². The van der Waals surface area contributed by atoms with Gasteiger partial charge in [-0.2, -0.15) is 0 Å². The smallest absolute Gasteiger partial charge is 0.230 e. The van der Waals surface area contributed by atoms with Gasteiger partial charge in [-0.15, -0.1) is 11.3 Å². The Morgan fingerprint density at radius 2 is 2.33 bits per heavy atom. The van der Waals surface area contributed by atoms with Gasteiger partial charge in [-0.3, -0.25) is 4.79 Å². The van der Waals surface area contributed by atoms with E-state index in [-0.39, 0.29) is 11.9 Å². The summed E-state index contributed by atoms with van der Waals surface area (Å²) in [5.74, 6) is 1.26. The Morgan fingerprint density at radius 3 is 3.12 bits per heavy atom. The molecule has 0 unspecified atom stereocenters. The van der Waals surface area contributed by atoms with Crippen LogP contribution in [0.1, 0.15) is 50.5 Å². The molecule has 1 N–H and O–H groups in total. The predicted molar refractivity (Wildman–Crippen MR) is 102 cm³/mol. The number of carbonyl (C=O) groups excluding carboxylic acids is 1. The first-order valence-electron chi connectivity index (χ1n) is 8.75. The Kier molecular flexibility index (Phi) is 5.76. The molecular weight excluding hydrogens is 338 g/mol. The molecule has 3 rings (SSSR count). The fourth-order valence-electron chi connectivity index (χ4n) is 3.31. The van der Waals surface area contributed by atoms with Crippen molar-refractivity contribution in [2.24, 2.45) is 5.92 Å². The third kappa shape index (κ3) is 3.91. The predicted octanol–water partition coefficient (Wildman–Crippen LogP) is 4.21. The number of amides is 1. The maximum Gasteiger partial charge on any atom is 0.230 e. The number of fused-ring (bicyclic) bond motifs is 3. The van der Waals surface area contributed by atoms with Gasteiger partial charge in [0.1, 0.15) is 16.2 Å². The zero-order chi connectivity index (χ0) is 17.1. The molecule has 130 valence electrons. The summed E-state index contributed by atoms with van der Waals surface area (Å²) in [4.78, 5) is 23.6. The van der Waals surface area contributed by atoms with Crippen molar-refractivity contribution in [3.8, 4) is 0 Å². The molecule has 1 amide bonds. The zero-order valence-corrected chi connectivity index (χ0v) is 16.2. The number of hydrogen-bond donors (Lipinski definition) is 1. The van der Waals surface area contributed by atoms with Gasteiger partial charge in [0, 0.05) is 16.3 Å². The van der Waals surface area contributed by atoms with Gasteiger partial charge in [0.2, 0.25) is 5.91 Å². The SMILES string of the molecule is CCC[C@@H](C)NC(=O)CSc1ncnc2sc3c(c12)CC[C@H](C)C3. The second-order valence-corrected chi connectivity index (χ2v) is 8.80. The number of aromatic nitrogens is 2. The summed E-state index contributed by atoms with van der Waals surface area (Å²) in [6.45, 7) is 6.51. The van der Waals surface area contributed by atoms with Crippen LogP contribution in [0.25, 0.3) is 10.2 Å². The lowest BCUT2D eigenvalue weighted by Crippen LogP contribution is -2.33. The van der Waals surface area contributed by atoms with E-state index in [1.165, 1.54) is 34.0 Å². The molecule has 1 aliphatic carbocycles. The second-order valence-electron chi connectivity index (χ2n) is 6.76. The molecule has 6 heteroatoms. The van der Waals surface area contributed by atoms with Crippen molar-refractivity contribution < 1.29 is 4.79 Å². The van der Waals surface area contributed by atoms with Crippen molar-refractivity contribution in [2.75, 3.05) is 5.75 Å². The van der Waals surface area contributed by atoms with Crippen LogP contribution in [0, 0.1) is 5.92 Å². The number of carbonyl (C=O) groups is 1. The number of hydrogen-bond acceptors (Lipinski definition) is 5. The minimum absolute atomic E-state index is 0.0884. The molecule has 24 heavy (non-hydrogen) atoms. The fourth-order valence-corrected chi connectivity index (χ4v) is 5.56. The molecule has 0 bridgehead atoms. The van der Waals surface area contributed by atoms with Crippen molar-refractivity contribution in [1.29, 1.82) is 0 Å². The van der Waals surface area contributed by atoms with Gasteiger partial charge in [0.25, 0.3) is 0 Å². The van der Waals surface area contributed by atoms with Crippen LogP contribution in [0.3, 0.4) is 0 Å². The van der Waals surface area contributed by atoms with Gasteiger partial charge in [-0.1, -0.05) is 32.0 Å². The zero-order valence-electron chi connectivity index (χ0n) is 14.6. The first-order valence-corrected chi connectivity index (χ1v) is 10.6. The highest BCUT2D eigenvalue weighted by molar-refractivity contribution is 8.00. The molecule has 0 saturated carbocycles. The first kappa shape index (κ1) is 17.7. The minimum atomic E-state index is 0.0884. The van der Waals surface area contributed by atoms with Crippen LogP contribution < -0.4 is 5.32 Å². The van der Waals surface area contributed by atoms with Gasteiger partial charge in [-0.25, -0.2) is 9.97 Å². The summed E-state index contributed by atoms with van der Waals surface area (Å²) in [5.41, 5.74) is 1.43. The van der Waals surface area contributed by atoms with E-state index in [9.17, 15) is 4.79 Å². The molecule has 0 spiro atoms. The molecule has 0 radical (unpaired) electrons. The van der Waals surface area contributed by atoms with Gasteiger partial charge in [0.15, 0.2) is 0 Å². The molecule has 0 aromatic carbocycles. The van der Waals surface area contributed by atoms with Crippen molar-refractivity contribution >= 4 is 39.2 Å². The Bertz CT molecular complexity index is 728. The lowest BCUT2D eigenvalue weighted by atomic mass is 9.89. The highest BCUT2D eigenvalue weighted by Crippen LogP contribution is 2.40. The fraction of sp³-hybridized carbons (Fsp3) is 0.611. The van der Waals surface area contributed by atoms with E-state index in [4.69, 9.17) is 0 Å². The van der Waals surface area contributed by atoms with Gasteiger partial charge in [-0.05, 0) is 44.1 Å². The van der Waals surface area contributed by atoms with Crippen LogP contribution in [0.15, 0.2) is 11.4 Å². The van der Waals surface area contributed by atoms with Crippen LogP contribution in [0.5, 0.6) is 0 Å². The summed E-state index contributed by atoms with van der Waals surface area (Å²) in [6, 6.07) is 0.240. The van der Waals surface area contributed by atoms with Gasteiger partial charge >= 0.3 is 0 Å². The second kappa shape index (κ2) is 7.83. The highest BCUT2D eigenvalue weighted by atomic mass is 32.2. The molecule has 2 aromatic heterocycles. The topological polar surface area (TPSA) is 54.9 Å². The summed E-state index contributed by atoms with van der Waals surface area (Å²) < 4.78 is 0. The van der Waals surface area contributed by atoms with Crippen LogP contribution in [-0.4, -0.2) is 27.7 Å². The number of nitrogens with one attached hydrogen (secondary N) is 1. The maximum atomic E-state index is 12.1. The third-order valence-electron chi connectivity index (χ3n) is 4.53. The molecule has 2 aromatic rings. The van der Waals surface area contributed by atoms with Gasteiger partial charge in [0.05, 0.1) is 5.75 Å². The Hall–Kier alpha value is -1.14. The molecule has 0 fully saturated rings. The molecule has 2 atom stereocenters. The summed E-state index contributed by atoms with van der Waals surface area (Å²) in [5, 5.41) is 5.22. The number of thioether (sulfide) groups is 1. The number of aryl methyl sites for hydroxylation is 1. The Labute approximate surface area is 151 Å². The van der Waals surface area contributed by atoms with E-state index in [1.807, 2.05) is 0 Å². The van der Waals surface area contributed by atoms with Gasteiger partial charge < -0.3 is 5.32 Å². The minimum Gasteiger partial charge on any atom is -0.353 e. The number of rotatable bonds is 6. The normalized spacial score (nSPS) is 18.4. The molecule has 0 saturated heterocycles. The summed E-state index contributed by atoms with van der Waals surface area (Å²) in [7, 11) is 0. The Morgan fingerprint density at radius 1 is 1.50 bits per heavy atom. The van der Waals surface area contributed by atoms with E-state index in [0.717, 1.165) is 41.5 Å². The summed E-state index contributed by atoms with van der Waals surface area (Å²) in [6.07, 6.45) is 7.22. The van der Waals surface area contributed by atoms with Crippen LogP contribution in [0.4, 0.5) is 0 Å². The molecular formula is C18H25N3OS2. The standard InChI is InChI=1S/C18H25N3OS2/c1-4-5-12(3)21-15(22)9-23-17-16-13-7-6-11(2)8-14(13)24-18(16)20-10-19-17/h10-12H,4-9H2,1-3H3,(H,21,22)/t11-,12+/m0/s1. The third-order valence-corrected chi connectivity index (χ3v) is 6.68.